The standard InChI is InChI=1S/C22H26Cl2N2O2S/c1-4-25-22(28)16(3)26(12-18-19(23)9-6-10-20(18)24)21(27)14-29-13-17-8-5-7-15(2)11-17/h5-11,16H,4,12-14H2,1-3H3,(H,25,28)/t16-/m1/s1. The van der Waals surface area contributed by atoms with Crippen molar-refractivity contribution in [1.82, 2.24) is 10.2 Å². The molecule has 0 spiro atoms. The van der Waals surface area contributed by atoms with Gasteiger partial charge in [-0.2, -0.15) is 0 Å². The predicted octanol–water partition coefficient (Wildman–Crippen LogP) is 5.09. The number of amides is 2. The van der Waals surface area contributed by atoms with E-state index >= 15 is 0 Å². The van der Waals surface area contributed by atoms with Crippen LogP contribution in [0.5, 0.6) is 0 Å². The molecule has 0 aliphatic rings. The van der Waals surface area contributed by atoms with Crippen molar-refractivity contribution in [2.24, 2.45) is 0 Å². The topological polar surface area (TPSA) is 49.4 Å². The van der Waals surface area contributed by atoms with E-state index in [1.54, 1.807) is 30.0 Å². The zero-order chi connectivity index (χ0) is 21.4. The summed E-state index contributed by atoms with van der Waals surface area (Å²) in [6.45, 7) is 6.29. The number of hydrogen-bond acceptors (Lipinski definition) is 3. The number of carbonyl (C=O) groups is 2. The number of rotatable bonds is 9. The van der Waals surface area contributed by atoms with Crippen molar-refractivity contribution in [2.45, 2.75) is 39.1 Å². The number of carbonyl (C=O) groups excluding carboxylic acids is 2. The highest BCUT2D eigenvalue weighted by molar-refractivity contribution is 7.99. The number of halogens is 2. The maximum atomic E-state index is 13.0. The molecule has 1 atom stereocenters. The fourth-order valence-corrected chi connectivity index (χ4v) is 4.27. The summed E-state index contributed by atoms with van der Waals surface area (Å²) in [6, 6.07) is 12.8. The number of benzene rings is 2. The molecule has 0 aromatic heterocycles. The van der Waals surface area contributed by atoms with Crippen LogP contribution < -0.4 is 5.32 Å². The summed E-state index contributed by atoms with van der Waals surface area (Å²) in [6.07, 6.45) is 0. The quantitative estimate of drug-likeness (QED) is 0.576. The van der Waals surface area contributed by atoms with Crippen LogP contribution in [-0.4, -0.2) is 35.1 Å². The molecule has 7 heteroatoms. The smallest absolute Gasteiger partial charge is 0.242 e. The third kappa shape index (κ3) is 6.95. The van der Waals surface area contributed by atoms with Gasteiger partial charge in [0.2, 0.25) is 11.8 Å². The van der Waals surface area contributed by atoms with Gasteiger partial charge in [0.15, 0.2) is 0 Å². The highest BCUT2D eigenvalue weighted by Crippen LogP contribution is 2.27. The molecule has 1 N–H and O–H groups in total. The first kappa shape index (κ1) is 23.6. The van der Waals surface area contributed by atoms with Gasteiger partial charge in [0.25, 0.3) is 0 Å². The zero-order valence-corrected chi connectivity index (χ0v) is 19.2. The van der Waals surface area contributed by atoms with Crippen LogP contribution in [0.1, 0.15) is 30.5 Å². The molecule has 156 valence electrons. The first-order chi connectivity index (χ1) is 13.8. The minimum absolute atomic E-state index is 0.127. The second-order valence-corrected chi connectivity index (χ2v) is 8.57. The van der Waals surface area contributed by atoms with Crippen molar-refractivity contribution >= 4 is 46.8 Å². The van der Waals surface area contributed by atoms with Crippen molar-refractivity contribution in [1.29, 1.82) is 0 Å². The van der Waals surface area contributed by atoms with Gasteiger partial charge in [0, 0.05) is 34.5 Å². The molecule has 0 unspecified atom stereocenters. The van der Waals surface area contributed by atoms with Crippen molar-refractivity contribution in [3.8, 4) is 0 Å². The van der Waals surface area contributed by atoms with Gasteiger partial charge >= 0.3 is 0 Å². The van der Waals surface area contributed by atoms with E-state index in [2.05, 4.69) is 11.4 Å². The van der Waals surface area contributed by atoms with E-state index in [0.717, 1.165) is 5.75 Å². The third-order valence-corrected chi connectivity index (χ3v) is 6.18. The minimum atomic E-state index is -0.630. The Morgan fingerprint density at radius 2 is 1.79 bits per heavy atom. The molecular weight excluding hydrogens is 427 g/mol. The van der Waals surface area contributed by atoms with Crippen LogP contribution in [0.3, 0.4) is 0 Å². The zero-order valence-electron chi connectivity index (χ0n) is 16.9. The summed E-state index contributed by atoms with van der Waals surface area (Å²) < 4.78 is 0. The normalized spacial score (nSPS) is 11.8. The molecular formula is C22H26Cl2N2O2S. The Kier molecular flexibility index (Phi) is 9.34. The first-order valence-electron chi connectivity index (χ1n) is 9.46. The Morgan fingerprint density at radius 3 is 2.41 bits per heavy atom. The number of nitrogens with one attached hydrogen (secondary N) is 1. The molecule has 29 heavy (non-hydrogen) atoms. The Hall–Kier alpha value is -1.69. The van der Waals surface area contributed by atoms with Crippen molar-refractivity contribution in [3.05, 3.63) is 69.2 Å². The van der Waals surface area contributed by atoms with Crippen LogP contribution in [0.15, 0.2) is 42.5 Å². The molecule has 4 nitrogen and oxygen atoms in total. The van der Waals surface area contributed by atoms with Gasteiger partial charge in [-0.25, -0.2) is 0 Å². The summed E-state index contributed by atoms with van der Waals surface area (Å²) >= 11 is 14.1. The van der Waals surface area contributed by atoms with Gasteiger partial charge in [-0.1, -0.05) is 59.1 Å². The largest absolute Gasteiger partial charge is 0.355 e. The van der Waals surface area contributed by atoms with Crippen molar-refractivity contribution in [2.75, 3.05) is 12.3 Å². The van der Waals surface area contributed by atoms with E-state index < -0.39 is 6.04 Å². The highest BCUT2D eigenvalue weighted by atomic mass is 35.5. The lowest BCUT2D eigenvalue weighted by molar-refractivity contribution is -0.138. The summed E-state index contributed by atoms with van der Waals surface area (Å²) in [5.74, 6) is 0.661. The average Bonchev–Trinajstić information content (AvgIpc) is 2.67. The molecule has 0 bridgehead atoms. The first-order valence-corrected chi connectivity index (χ1v) is 11.4. The molecule has 0 aliphatic heterocycles. The third-order valence-electron chi connectivity index (χ3n) is 4.49. The van der Waals surface area contributed by atoms with E-state index in [1.165, 1.54) is 22.9 Å². The lowest BCUT2D eigenvalue weighted by atomic mass is 10.1. The number of thioether (sulfide) groups is 1. The molecule has 2 aromatic rings. The second-order valence-electron chi connectivity index (χ2n) is 6.77. The Labute approximate surface area is 187 Å². The number of nitrogens with zero attached hydrogens (tertiary/aromatic N) is 1. The molecule has 2 aromatic carbocycles. The minimum Gasteiger partial charge on any atom is -0.355 e. The average molecular weight is 453 g/mol. The molecule has 0 heterocycles. The van der Waals surface area contributed by atoms with Crippen LogP contribution in [-0.2, 0) is 21.9 Å². The number of hydrogen-bond donors (Lipinski definition) is 1. The monoisotopic (exact) mass is 452 g/mol. The Bertz CT molecular complexity index is 840. The summed E-state index contributed by atoms with van der Waals surface area (Å²) in [4.78, 5) is 27.0. The van der Waals surface area contributed by atoms with Gasteiger partial charge < -0.3 is 10.2 Å². The van der Waals surface area contributed by atoms with Gasteiger partial charge in [0.1, 0.15) is 6.04 Å². The van der Waals surface area contributed by atoms with Crippen LogP contribution in [0.2, 0.25) is 10.0 Å². The lowest BCUT2D eigenvalue weighted by Gasteiger charge is -2.29. The van der Waals surface area contributed by atoms with E-state index in [9.17, 15) is 9.59 Å². The Morgan fingerprint density at radius 1 is 1.14 bits per heavy atom. The molecule has 0 saturated carbocycles. The summed E-state index contributed by atoms with van der Waals surface area (Å²) in [5, 5.41) is 3.73. The maximum Gasteiger partial charge on any atom is 0.242 e. The summed E-state index contributed by atoms with van der Waals surface area (Å²) in [5.41, 5.74) is 3.00. The summed E-state index contributed by atoms with van der Waals surface area (Å²) in [7, 11) is 0. The van der Waals surface area contributed by atoms with Crippen LogP contribution in [0.25, 0.3) is 0 Å². The number of aryl methyl sites for hydroxylation is 1. The van der Waals surface area contributed by atoms with Gasteiger partial charge in [0.05, 0.1) is 5.75 Å². The molecule has 0 saturated heterocycles. The molecule has 0 aliphatic carbocycles. The van der Waals surface area contributed by atoms with E-state index in [4.69, 9.17) is 23.2 Å². The fraction of sp³-hybridized carbons (Fsp3) is 0.364. The van der Waals surface area contributed by atoms with Crippen molar-refractivity contribution < 1.29 is 9.59 Å². The van der Waals surface area contributed by atoms with Crippen LogP contribution >= 0.6 is 35.0 Å². The van der Waals surface area contributed by atoms with E-state index in [1.807, 2.05) is 32.0 Å². The van der Waals surface area contributed by atoms with E-state index in [0.29, 0.717) is 22.2 Å². The highest BCUT2D eigenvalue weighted by Gasteiger charge is 2.27. The molecule has 2 rings (SSSR count). The SMILES string of the molecule is CCNC(=O)[C@@H](C)N(Cc1c(Cl)cccc1Cl)C(=O)CSCc1cccc(C)c1. The van der Waals surface area contributed by atoms with Gasteiger partial charge in [-0.15, -0.1) is 11.8 Å². The Balaban J connectivity index is 2.12. The lowest BCUT2D eigenvalue weighted by Crippen LogP contribution is -2.48. The predicted molar refractivity (Wildman–Crippen MR) is 122 cm³/mol. The fourth-order valence-electron chi connectivity index (χ4n) is 2.90. The molecule has 0 radical (unpaired) electrons. The maximum absolute atomic E-state index is 13.0. The van der Waals surface area contributed by atoms with Gasteiger partial charge in [-0.3, -0.25) is 9.59 Å². The van der Waals surface area contributed by atoms with Crippen LogP contribution in [0, 0.1) is 6.92 Å². The number of likely N-dealkylation sites (N-methyl/N-ethyl adjacent to an activating group) is 1. The van der Waals surface area contributed by atoms with Crippen molar-refractivity contribution in [3.63, 3.8) is 0 Å². The van der Waals surface area contributed by atoms with Gasteiger partial charge in [-0.05, 0) is 38.5 Å². The molecule has 0 fully saturated rings. The van der Waals surface area contributed by atoms with Crippen LogP contribution in [0.4, 0.5) is 0 Å². The molecule has 2 amide bonds. The second kappa shape index (κ2) is 11.5. The van der Waals surface area contributed by atoms with E-state index in [-0.39, 0.29) is 24.1 Å².